The van der Waals surface area contributed by atoms with Crippen LogP contribution in [0, 0.1) is 0 Å². The van der Waals surface area contributed by atoms with Gasteiger partial charge in [0.05, 0.1) is 11.8 Å². The molecule has 0 saturated carbocycles. The fraction of sp³-hybridized carbons (Fsp3) is 0.400. The molecule has 0 fully saturated rings. The molecule has 0 aliphatic carbocycles. The first-order valence-corrected chi connectivity index (χ1v) is 6.63. The average molecular weight is 259 g/mol. The Balaban J connectivity index is 2.05. The molecule has 0 aliphatic heterocycles. The van der Waals surface area contributed by atoms with Crippen LogP contribution in [0.25, 0.3) is 11.3 Å². The summed E-state index contributed by atoms with van der Waals surface area (Å²) in [5.41, 5.74) is 3.34. The number of aliphatic hydroxyl groups excluding tert-OH is 1. The van der Waals surface area contributed by atoms with Crippen molar-refractivity contribution < 1.29 is 5.11 Å². The number of aromatic nitrogens is 2. The maximum absolute atomic E-state index is 9.23. The van der Waals surface area contributed by atoms with Crippen LogP contribution in [0.3, 0.4) is 0 Å². The second kappa shape index (κ2) is 6.50. The molecule has 1 heterocycles. The molecule has 4 heteroatoms. The van der Waals surface area contributed by atoms with Crippen LogP contribution in [0.1, 0.15) is 18.9 Å². The van der Waals surface area contributed by atoms with Gasteiger partial charge in [-0.15, -0.1) is 0 Å². The Morgan fingerprint density at radius 2 is 2.05 bits per heavy atom. The van der Waals surface area contributed by atoms with Crippen LogP contribution in [0.2, 0.25) is 0 Å². The zero-order valence-corrected chi connectivity index (χ0v) is 11.5. The number of hydrogen-bond donors (Lipinski definition) is 2. The molecular weight excluding hydrogens is 238 g/mol. The summed E-state index contributed by atoms with van der Waals surface area (Å²) in [5.74, 6) is 0. The Morgan fingerprint density at radius 1 is 1.32 bits per heavy atom. The van der Waals surface area contributed by atoms with Gasteiger partial charge in [-0.25, -0.2) is 0 Å². The summed E-state index contributed by atoms with van der Waals surface area (Å²) in [7, 11) is 1.94. The largest absolute Gasteiger partial charge is 0.393 e. The van der Waals surface area contributed by atoms with Crippen LogP contribution in [0.4, 0.5) is 0 Å². The van der Waals surface area contributed by atoms with E-state index < -0.39 is 0 Å². The number of aliphatic hydroxyl groups is 1. The third-order valence-corrected chi connectivity index (χ3v) is 3.01. The maximum Gasteiger partial charge on any atom is 0.0967 e. The van der Waals surface area contributed by atoms with E-state index in [0.29, 0.717) is 0 Å². The Kier molecular flexibility index (Phi) is 4.71. The van der Waals surface area contributed by atoms with Crippen LogP contribution >= 0.6 is 0 Å². The molecule has 0 spiro atoms. The average Bonchev–Trinajstić information content (AvgIpc) is 2.77. The molecular formula is C15H21N3O. The lowest BCUT2D eigenvalue weighted by Gasteiger charge is -2.06. The summed E-state index contributed by atoms with van der Waals surface area (Å²) in [6.07, 6.45) is 2.55. The Bertz CT molecular complexity index is 505. The molecule has 0 amide bonds. The monoisotopic (exact) mass is 259 g/mol. The SMILES string of the molecule is CC(O)CCNCc1cn(C)nc1-c1ccccc1. The molecule has 1 aromatic heterocycles. The smallest absolute Gasteiger partial charge is 0.0967 e. The zero-order valence-electron chi connectivity index (χ0n) is 11.5. The lowest BCUT2D eigenvalue weighted by molar-refractivity contribution is 0.183. The Labute approximate surface area is 114 Å². The van der Waals surface area contributed by atoms with Gasteiger partial charge in [-0.05, 0) is 19.9 Å². The predicted octanol–water partition coefficient (Wildman–Crippen LogP) is 1.95. The summed E-state index contributed by atoms with van der Waals surface area (Å²) >= 11 is 0. The summed E-state index contributed by atoms with van der Waals surface area (Å²) in [4.78, 5) is 0. The van der Waals surface area contributed by atoms with Crippen LogP contribution in [0.5, 0.6) is 0 Å². The van der Waals surface area contributed by atoms with E-state index in [1.165, 1.54) is 5.56 Å². The van der Waals surface area contributed by atoms with Crippen molar-refractivity contribution >= 4 is 0 Å². The minimum atomic E-state index is -0.255. The van der Waals surface area contributed by atoms with Crippen molar-refractivity contribution in [2.45, 2.75) is 26.0 Å². The van der Waals surface area contributed by atoms with Gasteiger partial charge in [-0.1, -0.05) is 30.3 Å². The quantitative estimate of drug-likeness (QED) is 0.780. The second-order valence-electron chi connectivity index (χ2n) is 4.86. The van der Waals surface area contributed by atoms with Gasteiger partial charge in [-0.3, -0.25) is 4.68 Å². The fourth-order valence-corrected chi connectivity index (χ4v) is 2.04. The van der Waals surface area contributed by atoms with E-state index in [-0.39, 0.29) is 6.10 Å². The van der Waals surface area contributed by atoms with Crippen molar-refractivity contribution in [2.24, 2.45) is 7.05 Å². The molecule has 2 rings (SSSR count). The summed E-state index contributed by atoms with van der Waals surface area (Å²) in [6.45, 7) is 3.38. The highest BCUT2D eigenvalue weighted by molar-refractivity contribution is 5.62. The predicted molar refractivity (Wildman–Crippen MR) is 76.6 cm³/mol. The zero-order chi connectivity index (χ0) is 13.7. The minimum Gasteiger partial charge on any atom is -0.393 e. The first-order valence-electron chi connectivity index (χ1n) is 6.63. The summed E-state index contributed by atoms with van der Waals surface area (Å²) in [6, 6.07) is 10.2. The van der Waals surface area contributed by atoms with Gasteiger partial charge in [0, 0.05) is 30.9 Å². The van der Waals surface area contributed by atoms with Crippen molar-refractivity contribution in [3.63, 3.8) is 0 Å². The molecule has 0 aliphatic rings. The molecule has 0 saturated heterocycles. The van der Waals surface area contributed by atoms with Crippen molar-refractivity contribution in [3.8, 4) is 11.3 Å². The number of hydrogen-bond acceptors (Lipinski definition) is 3. The third kappa shape index (κ3) is 3.91. The number of benzene rings is 1. The Hall–Kier alpha value is -1.65. The van der Waals surface area contributed by atoms with Crippen LogP contribution in [-0.2, 0) is 13.6 Å². The molecule has 2 N–H and O–H groups in total. The van der Waals surface area contributed by atoms with Gasteiger partial charge < -0.3 is 10.4 Å². The van der Waals surface area contributed by atoms with Crippen LogP contribution in [0.15, 0.2) is 36.5 Å². The first kappa shape index (κ1) is 13.8. The highest BCUT2D eigenvalue weighted by atomic mass is 16.3. The molecule has 102 valence electrons. The highest BCUT2D eigenvalue weighted by Gasteiger charge is 2.09. The number of nitrogens with zero attached hydrogens (tertiary/aromatic N) is 2. The van der Waals surface area contributed by atoms with Crippen molar-refractivity contribution in [1.29, 1.82) is 0 Å². The highest BCUT2D eigenvalue weighted by Crippen LogP contribution is 2.21. The van der Waals surface area contributed by atoms with E-state index in [4.69, 9.17) is 0 Å². The lowest BCUT2D eigenvalue weighted by atomic mass is 10.1. The minimum absolute atomic E-state index is 0.255. The first-order chi connectivity index (χ1) is 9.16. The van der Waals surface area contributed by atoms with Crippen molar-refractivity contribution in [2.75, 3.05) is 6.54 Å². The molecule has 1 atom stereocenters. The standard InChI is InChI=1S/C15H21N3O/c1-12(19)8-9-16-10-14-11-18(2)17-15(14)13-6-4-3-5-7-13/h3-7,11-12,16,19H,8-10H2,1-2H3. The second-order valence-corrected chi connectivity index (χ2v) is 4.86. The topological polar surface area (TPSA) is 50.1 Å². The van der Waals surface area contributed by atoms with E-state index in [1.807, 2.05) is 36.1 Å². The van der Waals surface area contributed by atoms with Gasteiger partial charge in [0.2, 0.25) is 0 Å². The number of nitrogens with one attached hydrogen (secondary N) is 1. The van der Waals surface area contributed by atoms with Crippen LogP contribution < -0.4 is 5.32 Å². The number of rotatable bonds is 6. The molecule has 2 aromatic rings. The lowest BCUT2D eigenvalue weighted by Crippen LogP contribution is -2.18. The van der Waals surface area contributed by atoms with Gasteiger partial charge >= 0.3 is 0 Å². The maximum atomic E-state index is 9.23. The molecule has 0 bridgehead atoms. The molecule has 4 nitrogen and oxygen atoms in total. The molecule has 1 aromatic carbocycles. The van der Waals surface area contributed by atoms with Crippen LogP contribution in [-0.4, -0.2) is 27.5 Å². The van der Waals surface area contributed by atoms with Gasteiger partial charge in [-0.2, -0.15) is 5.10 Å². The number of aryl methyl sites for hydroxylation is 1. The van der Waals surface area contributed by atoms with Crippen molar-refractivity contribution in [3.05, 3.63) is 42.1 Å². The van der Waals surface area contributed by atoms with Gasteiger partial charge in [0.1, 0.15) is 0 Å². The molecule has 1 unspecified atom stereocenters. The van der Waals surface area contributed by atoms with E-state index in [0.717, 1.165) is 30.8 Å². The summed E-state index contributed by atoms with van der Waals surface area (Å²) < 4.78 is 1.84. The Morgan fingerprint density at radius 3 is 2.74 bits per heavy atom. The van der Waals surface area contributed by atoms with E-state index in [9.17, 15) is 5.11 Å². The third-order valence-electron chi connectivity index (χ3n) is 3.01. The summed E-state index contributed by atoms with van der Waals surface area (Å²) in [5, 5.41) is 17.1. The van der Waals surface area contributed by atoms with E-state index in [1.54, 1.807) is 6.92 Å². The normalized spacial score (nSPS) is 12.6. The van der Waals surface area contributed by atoms with Crippen molar-refractivity contribution in [1.82, 2.24) is 15.1 Å². The fourth-order valence-electron chi connectivity index (χ4n) is 2.04. The van der Waals surface area contributed by atoms with E-state index in [2.05, 4.69) is 22.5 Å². The van der Waals surface area contributed by atoms with E-state index >= 15 is 0 Å². The molecule has 0 radical (unpaired) electrons. The van der Waals surface area contributed by atoms with Gasteiger partial charge in [0.25, 0.3) is 0 Å². The molecule has 19 heavy (non-hydrogen) atoms. The van der Waals surface area contributed by atoms with Gasteiger partial charge in [0.15, 0.2) is 0 Å².